The second-order valence-electron chi connectivity index (χ2n) is 5.06. The molecule has 0 aliphatic heterocycles. The molecule has 112 valence electrons. The van der Waals surface area contributed by atoms with Crippen molar-refractivity contribution in [3.63, 3.8) is 0 Å². The van der Waals surface area contributed by atoms with Crippen molar-refractivity contribution in [2.75, 3.05) is 6.61 Å². The van der Waals surface area contributed by atoms with E-state index >= 15 is 0 Å². The summed E-state index contributed by atoms with van der Waals surface area (Å²) >= 11 is 0. The van der Waals surface area contributed by atoms with Crippen LogP contribution in [0.5, 0.6) is 5.75 Å². The topological polar surface area (TPSA) is 53.2 Å². The summed E-state index contributed by atoms with van der Waals surface area (Å²) in [5.41, 5.74) is 0.329. The van der Waals surface area contributed by atoms with Crippen LogP contribution in [0.1, 0.15) is 37.2 Å². The zero-order valence-electron chi connectivity index (χ0n) is 12.6. The van der Waals surface area contributed by atoms with Crippen molar-refractivity contribution in [1.82, 2.24) is 9.13 Å². The Labute approximate surface area is 123 Å². The molecule has 0 spiro atoms. The molecule has 2 rings (SSSR count). The second kappa shape index (κ2) is 6.43. The van der Waals surface area contributed by atoms with Crippen LogP contribution in [0.2, 0.25) is 0 Å². The maximum atomic E-state index is 12.4. The van der Waals surface area contributed by atoms with Crippen LogP contribution in [0.3, 0.4) is 0 Å². The molecule has 0 bridgehead atoms. The van der Waals surface area contributed by atoms with Crippen molar-refractivity contribution < 1.29 is 9.53 Å². The first-order valence-electron chi connectivity index (χ1n) is 7.07. The Hall–Kier alpha value is -2.30. The Morgan fingerprint density at radius 1 is 1.24 bits per heavy atom. The number of ketones is 1. The van der Waals surface area contributed by atoms with Crippen molar-refractivity contribution in [3.8, 4) is 5.75 Å². The molecule has 5 nitrogen and oxygen atoms in total. The zero-order chi connectivity index (χ0) is 15.4. The predicted molar refractivity (Wildman–Crippen MR) is 81.0 cm³/mol. The first-order chi connectivity index (χ1) is 10.0. The van der Waals surface area contributed by atoms with Crippen LogP contribution in [0.25, 0.3) is 0 Å². The maximum absolute atomic E-state index is 12.4. The molecule has 0 saturated carbocycles. The van der Waals surface area contributed by atoms with Crippen LogP contribution in [-0.4, -0.2) is 21.5 Å². The van der Waals surface area contributed by atoms with Gasteiger partial charge in [0.1, 0.15) is 5.75 Å². The average Bonchev–Trinajstić information content (AvgIpc) is 2.81. The largest absolute Gasteiger partial charge is 0.493 e. The lowest BCUT2D eigenvalue weighted by atomic mass is 10.1. The maximum Gasteiger partial charge on any atom is 0.328 e. The molecule has 0 aliphatic carbocycles. The van der Waals surface area contributed by atoms with Gasteiger partial charge in [-0.25, -0.2) is 4.79 Å². The van der Waals surface area contributed by atoms with E-state index < -0.39 is 0 Å². The molecule has 1 aromatic carbocycles. The Morgan fingerprint density at radius 2 is 1.95 bits per heavy atom. The molecule has 0 radical (unpaired) electrons. The van der Waals surface area contributed by atoms with Gasteiger partial charge in [0.25, 0.3) is 0 Å². The highest BCUT2D eigenvalue weighted by Crippen LogP contribution is 2.19. The summed E-state index contributed by atoms with van der Waals surface area (Å²) in [5.74, 6) is 0.420. The number of rotatable bonds is 6. The Morgan fingerprint density at radius 3 is 2.57 bits per heavy atom. The first-order valence-corrected chi connectivity index (χ1v) is 7.07. The highest BCUT2D eigenvalue weighted by Gasteiger charge is 2.15. The molecule has 0 aliphatic rings. The number of imidazole rings is 1. The van der Waals surface area contributed by atoms with Gasteiger partial charge in [0.2, 0.25) is 0 Å². The van der Waals surface area contributed by atoms with Gasteiger partial charge in [0, 0.05) is 18.4 Å². The number of hydrogen-bond acceptors (Lipinski definition) is 3. The van der Waals surface area contributed by atoms with Gasteiger partial charge in [-0.05, 0) is 32.9 Å². The van der Waals surface area contributed by atoms with Gasteiger partial charge in [0.15, 0.2) is 5.78 Å². The number of carbonyl (C=O) groups excluding carboxylic acids is 1. The van der Waals surface area contributed by atoms with Gasteiger partial charge in [-0.15, -0.1) is 0 Å². The van der Waals surface area contributed by atoms with Crippen LogP contribution in [0.15, 0.2) is 41.5 Å². The fraction of sp³-hybridized carbons (Fsp3) is 0.375. The van der Waals surface area contributed by atoms with Crippen LogP contribution in [0, 0.1) is 0 Å². The summed E-state index contributed by atoms with van der Waals surface area (Å²) < 4.78 is 8.48. The van der Waals surface area contributed by atoms with E-state index in [4.69, 9.17) is 4.74 Å². The third kappa shape index (κ3) is 3.24. The van der Waals surface area contributed by atoms with Crippen molar-refractivity contribution in [2.45, 2.75) is 33.4 Å². The summed E-state index contributed by atoms with van der Waals surface area (Å²) in [6.45, 7) is 6.24. The molecule has 2 aromatic rings. The van der Waals surface area contributed by atoms with Gasteiger partial charge in [-0.2, -0.15) is 0 Å². The number of Topliss-reactive ketones (excluding diaryl/α,β-unsaturated/α-hetero) is 1. The molecule has 0 atom stereocenters. The number of nitrogens with zero attached hydrogens (tertiary/aromatic N) is 2. The van der Waals surface area contributed by atoms with Crippen LogP contribution in [-0.2, 0) is 6.54 Å². The minimum absolute atomic E-state index is 0.0165. The molecule has 0 N–H and O–H groups in total. The van der Waals surface area contributed by atoms with E-state index in [0.29, 0.717) is 17.9 Å². The van der Waals surface area contributed by atoms with Gasteiger partial charge >= 0.3 is 5.69 Å². The lowest BCUT2D eigenvalue weighted by molar-refractivity contribution is 0.0967. The number of hydrogen-bond donors (Lipinski definition) is 0. The van der Waals surface area contributed by atoms with Gasteiger partial charge in [-0.1, -0.05) is 12.1 Å². The summed E-state index contributed by atoms with van der Waals surface area (Å²) in [6, 6.07) is 7.17. The molecule has 0 unspecified atom stereocenters. The average molecular weight is 288 g/mol. The quantitative estimate of drug-likeness (QED) is 0.767. The standard InChI is InChI=1S/C16H20N2O3/c1-4-21-15-8-6-5-7-13(15)14(19)11-17-9-10-18(12(2)3)16(17)20/h5-10,12H,4,11H2,1-3H3. The third-order valence-corrected chi connectivity index (χ3v) is 3.23. The van der Waals surface area contributed by atoms with Crippen molar-refractivity contribution in [1.29, 1.82) is 0 Å². The van der Waals surface area contributed by atoms with Crippen LogP contribution >= 0.6 is 0 Å². The van der Waals surface area contributed by atoms with E-state index in [0.717, 1.165) is 0 Å². The van der Waals surface area contributed by atoms with E-state index in [2.05, 4.69) is 0 Å². The molecular formula is C16H20N2O3. The molecular weight excluding hydrogens is 268 g/mol. The molecule has 21 heavy (non-hydrogen) atoms. The normalized spacial score (nSPS) is 10.9. The Bertz CT molecular complexity index is 683. The van der Waals surface area contributed by atoms with Crippen LogP contribution in [0.4, 0.5) is 0 Å². The number of ether oxygens (including phenoxy) is 1. The summed E-state index contributed by atoms with van der Waals surface area (Å²) in [7, 11) is 0. The number of para-hydroxylation sites is 1. The van der Waals surface area contributed by atoms with E-state index in [-0.39, 0.29) is 24.1 Å². The minimum Gasteiger partial charge on any atom is -0.493 e. The molecule has 5 heteroatoms. The number of aromatic nitrogens is 2. The fourth-order valence-corrected chi connectivity index (χ4v) is 2.16. The fourth-order valence-electron chi connectivity index (χ4n) is 2.16. The number of carbonyl (C=O) groups is 1. The van der Waals surface area contributed by atoms with Gasteiger partial charge in [-0.3, -0.25) is 13.9 Å². The minimum atomic E-state index is -0.174. The summed E-state index contributed by atoms with van der Waals surface area (Å²) in [4.78, 5) is 24.5. The highest BCUT2D eigenvalue weighted by atomic mass is 16.5. The monoisotopic (exact) mass is 288 g/mol. The summed E-state index contributed by atoms with van der Waals surface area (Å²) in [5, 5.41) is 0. The first kappa shape index (κ1) is 15.1. The molecule has 1 heterocycles. The van der Waals surface area contributed by atoms with Crippen molar-refractivity contribution in [2.24, 2.45) is 0 Å². The zero-order valence-corrected chi connectivity index (χ0v) is 12.6. The molecule has 0 fully saturated rings. The lowest BCUT2D eigenvalue weighted by Crippen LogP contribution is -2.27. The SMILES string of the molecule is CCOc1ccccc1C(=O)Cn1ccn(C(C)C)c1=O. The lowest BCUT2D eigenvalue weighted by Gasteiger charge is -2.09. The molecule has 1 aromatic heterocycles. The molecule has 0 amide bonds. The predicted octanol–water partition coefficient (Wildman–Crippen LogP) is 2.51. The summed E-state index contributed by atoms with van der Waals surface area (Å²) in [6.07, 6.45) is 3.35. The second-order valence-corrected chi connectivity index (χ2v) is 5.06. The van der Waals surface area contributed by atoms with Gasteiger partial charge in [0.05, 0.1) is 18.7 Å². The van der Waals surface area contributed by atoms with Crippen molar-refractivity contribution >= 4 is 5.78 Å². The van der Waals surface area contributed by atoms with Crippen LogP contribution < -0.4 is 10.4 Å². The smallest absolute Gasteiger partial charge is 0.328 e. The third-order valence-electron chi connectivity index (χ3n) is 3.23. The van der Waals surface area contributed by atoms with E-state index in [1.807, 2.05) is 26.8 Å². The van der Waals surface area contributed by atoms with Gasteiger partial charge < -0.3 is 4.74 Å². The number of benzene rings is 1. The van der Waals surface area contributed by atoms with E-state index in [1.54, 1.807) is 35.2 Å². The highest BCUT2D eigenvalue weighted by molar-refractivity contribution is 5.98. The molecule has 0 saturated heterocycles. The Kier molecular flexibility index (Phi) is 4.62. The van der Waals surface area contributed by atoms with E-state index in [1.165, 1.54) is 4.57 Å². The Balaban J connectivity index is 2.25. The van der Waals surface area contributed by atoms with Crippen molar-refractivity contribution in [3.05, 3.63) is 52.7 Å². The van der Waals surface area contributed by atoms with E-state index in [9.17, 15) is 9.59 Å².